The molecule has 0 aliphatic rings. The summed E-state index contributed by atoms with van der Waals surface area (Å²) in [5.74, 6) is 6.89. The van der Waals surface area contributed by atoms with E-state index in [2.05, 4.69) is 44.1 Å². The van der Waals surface area contributed by atoms with Crippen molar-refractivity contribution in [3.8, 4) is 5.95 Å². The van der Waals surface area contributed by atoms with E-state index in [1.54, 1.807) is 23.3 Å². The molecule has 2 heterocycles. The van der Waals surface area contributed by atoms with E-state index in [9.17, 15) is 0 Å². The van der Waals surface area contributed by atoms with Gasteiger partial charge in [0.25, 0.3) is 0 Å². The van der Waals surface area contributed by atoms with Gasteiger partial charge in [-0.25, -0.2) is 10.8 Å². The lowest BCUT2D eigenvalue weighted by atomic mass is 10.3. The van der Waals surface area contributed by atoms with E-state index in [0.717, 1.165) is 25.9 Å². The van der Waals surface area contributed by atoms with Crippen LogP contribution in [-0.4, -0.2) is 37.6 Å². The summed E-state index contributed by atoms with van der Waals surface area (Å²) < 4.78 is 1.72. The number of unbranched alkanes of at least 4 members (excludes halogenated alkanes) is 1. The smallest absolute Gasteiger partial charge is 0.243 e. The molecule has 3 N–H and O–H groups in total. The molecule has 0 bridgehead atoms. The molecular formula is C12H20N8. The second-order valence-corrected chi connectivity index (χ2v) is 4.31. The third-order valence-corrected chi connectivity index (χ3v) is 2.92. The molecular weight excluding hydrogens is 256 g/mol. The molecule has 8 heteroatoms. The Bertz CT molecular complexity index is 524. The van der Waals surface area contributed by atoms with E-state index in [1.807, 2.05) is 0 Å². The van der Waals surface area contributed by atoms with Gasteiger partial charge in [-0.15, -0.1) is 0 Å². The van der Waals surface area contributed by atoms with Crippen molar-refractivity contribution in [1.82, 2.24) is 24.5 Å². The molecule has 2 aromatic heterocycles. The fourth-order valence-electron chi connectivity index (χ4n) is 1.80. The monoisotopic (exact) mass is 276 g/mol. The van der Waals surface area contributed by atoms with Crippen molar-refractivity contribution in [3.63, 3.8) is 0 Å². The lowest BCUT2D eigenvalue weighted by Crippen LogP contribution is -2.27. The van der Waals surface area contributed by atoms with Crippen LogP contribution in [0.4, 0.5) is 11.9 Å². The van der Waals surface area contributed by atoms with Crippen LogP contribution >= 0.6 is 0 Å². The molecule has 2 rings (SSSR count). The third kappa shape index (κ3) is 3.21. The van der Waals surface area contributed by atoms with E-state index in [1.165, 1.54) is 0 Å². The Morgan fingerprint density at radius 2 is 2.15 bits per heavy atom. The molecule has 8 nitrogen and oxygen atoms in total. The number of hydrogen-bond donors (Lipinski definition) is 2. The number of nitrogen functional groups attached to an aromatic ring is 1. The van der Waals surface area contributed by atoms with Crippen molar-refractivity contribution >= 4 is 11.9 Å². The van der Waals surface area contributed by atoms with Crippen molar-refractivity contribution in [2.24, 2.45) is 5.84 Å². The van der Waals surface area contributed by atoms with Gasteiger partial charge in [0.15, 0.2) is 0 Å². The summed E-state index contributed by atoms with van der Waals surface area (Å²) in [6.07, 6.45) is 7.31. The second kappa shape index (κ2) is 6.80. The maximum absolute atomic E-state index is 5.44. The third-order valence-electron chi connectivity index (χ3n) is 2.92. The molecule has 0 spiro atoms. The Morgan fingerprint density at radius 1 is 1.30 bits per heavy atom. The summed E-state index contributed by atoms with van der Waals surface area (Å²) in [4.78, 5) is 19.1. The van der Waals surface area contributed by atoms with Gasteiger partial charge in [-0.3, -0.25) is 9.99 Å². The molecule has 0 aliphatic carbocycles. The van der Waals surface area contributed by atoms with E-state index >= 15 is 0 Å². The first-order valence-corrected chi connectivity index (χ1v) is 6.74. The van der Waals surface area contributed by atoms with Crippen molar-refractivity contribution in [2.75, 3.05) is 23.4 Å². The van der Waals surface area contributed by atoms with Gasteiger partial charge >= 0.3 is 0 Å². The first kappa shape index (κ1) is 14.2. The van der Waals surface area contributed by atoms with Crippen molar-refractivity contribution in [3.05, 3.63) is 18.7 Å². The first-order chi connectivity index (χ1) is 9.78. The number of imidazole rings is 1. The van der Waals surface area contributed by atoms with Crippen LogP contribution < -0.4 is 16.2 Å². The highest BCUT2D eigenvalue weighted by molar-refractivity contribution is 5.39. The molecule has 0 aromatic carbocycles. The van der Waals surface area contributed by atoms with Crippen LogP contribution in [-0.2, 0) is 0 Å². The first-order valence-electron chi connectivity index (χ1n) is 6.74. The van der Waals surface area contributed by atoms with Gasteiger partial charge in [0.05, 0.1) is 0 Å². The summed E-state index contributed by atoms with van der Waals surface area (Å²) in [7, 11) is 0. The summed E-state index contributed by atoms with van der Waals surface area (Å²) >= 11 is 0. The van der Waals surface area contributed by atoms with Crippen LogP contribution in [0.15, 0.2) is 18.7 Å². The van der Waals surface area contributed by atoms with Gasteiger partial charge in [-0.1, -0.05) is 13.3 Å². The Morgan fingerprint density at radius 3 is 2.75 bits per heavy atom. The Labute approximate surface area is 118 Å². The molecule has 0 amide bonds. The lowest BCUT2D eigenvalue weighted by molar-refractivity contribution is 0.707. The van der Waals surface area contributed by atoms with Gasteiger partial charge in [0, 0.05) is 25.5 Å². The number of hydrogen-bond acceptors (Lipinski definition) is 7. The SMILES string of the molecule is CCCCN(CC)c1nc(NN)nc(-n2ccnc2)n1. The number of nitrogens with one attached hydrogen (secondary N) is 1. The molecule has 2 aromatic rings. The minimum atomic E-state index is 0.341. The zero-order valence-electron chi connectivity index (χ0n) is 11.8. The number of rotatable bonds is 7. The van der Waals surface area contributed by atoms with Crippen LogP contribution in [0.2, 0.25) is 0 Å². The van der Waals surface area contributed by atoms with Crippen molar-refractivity contribution < 1.29 is 0 Å². The van der Waals surface area contributed by atoms with Gasteiger partial charge in [0.2, 0.25) is 17.8 Å². The van der Waals surface area contributed by atoms with Crippen molar-refractivity contribution in [2.45, 2.75) is 26.7 Å². The molecule has 0 radical (unpaired) electrons. The molecule has 0 saturated heterocycles. The summed E-state index contributed by atoms with van der Waals surface area (Å²) in [6.45, 7) is 5.97. The minimum Gasteiger partial charge on any atom is -0.341 e. The predicted octanol–water partition coefficient (Wildman–Crippen LogP) is 0.969. The molecule has 0 fully saturated rings. The second-order valence-electron chi connectivity index (χ2n) is 4.31. The normalized spacial score (nSPS) is 10.6. The maximum atomic E-state index is 5.44. The van der Waals surface area contributed by atoms with Gasteiger partial charge in [0.1, 0.15) is 6.33 Å². The number of hydrazine groups is 1. The van der Waals surface area contributed by atoms with E-state index in [0.29, 0.717) is 17.8 Å². The fourth-order valence-corrected chi connectivity index (χ4v) is 1.80. The summed E-state index contributed by atoms with van der Waals surface area (Å²) in [5.41, 5.74) is 2.48. The van der Waals surface area contributed by atoms with Gasteiger partial charge < -0.3 is 4.90 Å². The Kier molecular flexibility index (Phi) is 4.83. The van der Waals surface area contributed by atoms with Crippen molar-refractivity contribution in [1.29, 1.82) is 0 Å². The highest BCUT2D eigenvalue weighted by Gasteiger charge is 2.12. The molecule has 108 valence electrons. The van der Waals surface area contributed by atoms with E-state index in [4.69, 9.17) is 5.84 Å². The Hall–Kier alpha value is -2.22. The number of nitrogens with zero attached hydrogens (tertiary/aromatic N) is 6. The lowest BCUT2D eigenvalue weighted by Gasteiger charge is -2.21. The average molecular weight is 276 g/mol. The van der Waals surface area contributed by atoms with Gasteiger partial charge in [-0.2, -0.15) is 15.0 Å². The van der Waals surface area contributed by atoms with Crippen LogP contribution in [0.5, 0.6) is 0 Å². The summed E-state index contributed by atoms with van der Waals surface area (Å²) in [6, 6.07) is 0. The highest BCUT2D eigenvalue weighted by atomic mass is 15.4. The van der Waals surface area contributed by atoms with Crippen LogP contribution in [0.3, 0.4) is 0 Å². The fraction of sp³-hybridized carbons (Fsp3) is 0.500. The summed E-state index contributed by atoms with van der Waals surface area (Å²) in [5, 5.41) is 0. The average Bonchev–Trinajstić information content (AvgIpc) is 3.02. The van der Waals surface area contributed by atoms with E-state index < -0.39 is 0 Å². The molecule has 0 saturated carbocycles. The van der Waals surface area contributed by atoms with Crippen LogP contribution in [0.25, 0.3) is 5.95 Å². The van der Waals surface area contributed by atoms with Crippen LogP contribution in [0.1, 0.15) is 26.7 Å². The highest BCUT2D eigenvalue weighted by Crippen LogP contribution is 2.13. The number of nitrogens with two attached hydrogens (primary N) is 1. The quantitative estimate of drug-likeness (QED) is 0.574. The number of aromatic nitrogens is 5. The predicted molar refractivity (Wildman–Crippen MR) is 77.6 cm³/mol. The zero-order chi connectivity index (χ0) is 14.4. The number of anilines is 2. The topological polar surface area (TPSA) is 97.8 Å². The molecule has 0 aliphatic heterocycles. The zero-order valence-corrected chi connectivity index (χ0v) is 11.8. The minimum absolute atomic E-state index is 0.341. The standard InChI is InChI=1S/C12H20N8/c1-3-5-7-19(4-2)11-15-10(18-13)16-12(17-11)20-8-6-14-9-20/h6,8-9H,3-5,7,13H2,1-2H3,(H,15,16,17,18). The molecule has 0 unspecified atom stereocenters. The van der Waals surface area contributed by atoms with Gasteiger partial charge in [-0.05, 0) is 13.3 Å². The Balaban J connectivity index is 2.34. The maximum Gasteiger partial charge on any atom is 0.243 e. The molecule has 20 heavy (non-hydrogen) atoms. The molecule has 0 atom stereocenters. The largest absolute Gasteiger partial charge is 0.341 e. The van der Waals surface area contributed by atoms with E-state index in [-0.39, 0.29) is 0 Å². The van der Waals surface area contributed by atoms with Crippen LogP contribution in [0, 0.1) is 0 Å².